The third-order valence-electron chi connectivity index (χ3n) is 7.35. The fraction of sp³-hybridized carbons (Fsp3) is 0.556. The maximum absolute atomic E-state index is 13.5. The highest BCUT2D eigenvalue weighted by Crippen LogP contribution is 2.44. The number of nitro benzene ring substituents is 1. The van der Waals surface area contributed by atoms with Gasteiger partial charge in [-0.3, -0.25) is 24.6 Å². The summed E-state index contributed by atoms with van der Waals surface area (Å²) in [6.07, 6.45) is 7.23. The van der Waals surface area contributed by atoms with Crippen LogP contribution in [0.1, 0.15) is 73.7 Å². The average Bonchev–Trinajstić information content (AvgIpc) is 2.96. The third-order valence-corrected chi connectivity index (χ3v) is 8.52. The Hall–Kier alpha value is -2.78. The number of likely N-dealkylation sites (tertiary alicyclic amines) is 1. The molecule has 1 aromatic carbocycles. The number of carbonyl (C=O) groups is 2. The fourth-order valence-electron chi connectivity index (χ4n) is 5.21. The first kappa shape index (κ1) is 26.3. The molecule has 4 rings (SSSR count). The molecule has 1 aliphatic heterocycles. The number of fused-ring (bicyclic) bond motifs is 1. The Balaban J connectivity index is 1.59. The summed E-state index contributed by atoms with van der Waals surface area (Å²) >= 11 is 1.50. The monoisotopic (exact) mass is 512 g/mol. The number of nitrogens with zero attached hydrogens (tertiary/aromatic N) is 2. The predicted octanol–water partition coefficient (Wildman–Crippen LogP) is 5.87. The van der Waals surface area contributed by atoms with Gasteiger partial charge in [0.15, 0.2) is 0 Å². The number of benzene rings is 1. The molecule has 2 aliphatic rings. The molecule has 2 N–H and O–H groups in total. The second kappa shape index (κ2) is 11.1. The lowest BCUT2D eigenvalue weighted by Gasteiger charge is -2.33. The van der Waals surface area contributed by atoms with Crippen LogP contribution in [0.15, 0.2) is 24.3 Å². The molecule has 8 nitrogen and oxygen atoms in total. The summed E-state index contributed by atoms with van der Waals surface area (Å²) in [6, 6.07) is 5.93. The van der Waals surface area contributed by atoms with Crippen molar-refractivity contribution in [3.8, 4) is 0 Å². The van der Waals surface area contributed by atoms with E-state index in [1.165, 1.54) is 36.3 Å². The minimum Gasteiger partial charge on any atom is -0.322 e. The van der Waals surface area contributed by atoms with E-state index < -0.39 is 4.92 Å². The van der Waals surface area contributed by atoms with Gasteiger partial charge in [0, 0.05) is 22.7 Å². The molecule has 36 heavy (non-hydrogen) atoms. The first-order valence-corrected chi connectivity index (χ1v) is 13.7. The smallest absolute Gasteiger partial charge is 0.271 e. The zero-order chi connectivity index (χ0) is 25.9. The Kier molecular flexibility index (Phi) is 8.10. The lowest BCUT2D eigenvalue weighted by molar-refractivity contribution is -0.384. The molecule has 0 bridgehead atoms. The summed E-state index contributed by atoms with van der Waals surface area (Å²) in [5.74, 6) is 0.0523. The SMILES string of the molecule is CC(C)(C)C1CCc2c(sc(NC(=O)CN3CCCCCC3)c2C(=O)Nc2cccc([N+](=O)[O-])c2)C1. The van der Waals surface area contributed by atoms with Crippen LogP contribution in [0.4, 0.5) is 16.4 Å². The molecule has 1 aromatic heterocycles. The number of anilines is 2. The Morgan fingerprint density at radius 3 is 2.53 bits per heavy atom. The van der Waals surface area contributed by atoms with Gasteiger partial charge < -0.3 is 10.6 Å². The standard InChI is InChI=1S/C27H36N4O4S/c1-27(2,3)18-11-12-21-22(15-18)36-26(29-23(32)17-30-13-6-4-5-7-14-30)24(21)25(33)28-19-9-8-10-20(16-19)31(34)35/h8-10,16,18H,4-7,11-15,17H2,1-3H3,(H,28,33)(H,29,32). The largest absolute Gasteiger partial charge is 0.322 e. The number of nitrogens with one attached hydrogen (secondary N) is 2. The highest BCUT2D eigenvalue weighted by Gasteiger charge is 2.34. The van der Waals surface area contributed by atoms with Crippen molar-refractivity contribution >= 4 is 39.5 Å². The summed E-state index contributed by atoms with van der Waals surface area (Å²) in [4.78, 5) is 40.6. The van der Waals surface area contributed by atoms with E-state index in [4.69, 9.17) is 0 Å². The Morgan fingerprint density at radius 2 is 1.86 bits per heavy atom. The molecule has 1 saturated heterocycles. The van der Waals surface area contributed by atoms with Gasteiger partial charge in [-0.15, -0.1) is 11.3 Å². The van der Waals surface area contributed by atoms with Crippen LogP contribution >= 0.6 is 11.3 Å². The van der Waals surface area contributed by atoms with E-state index in [0.29, 0.717) is 28.7 Å². The first-order chi connectivity index (χ1) is 17.1. The quantitative estimate of drug-likeness (QED) is 0.372. The van der Waals surface area contributed by atoms with Gasteiger partial charge in [-0.2, -0.15) is 0 Å². The van der Waals surface area contributed by atoms with Crippen LogP contribution in [0.25, 0.3) is 0 Å². The molecule has 1 aliphatic carbocycles. The van der Waals surface area contributed by atoms with Crippen LogP contribution in [0.5, 0.6) is 0 Å². The molecular formula is C27H36N4O4S. The maximum Gasteiger partial charge on any atom is 0.271 e. The predicted molar refractivity (Wildman–Crippen MR) is 144 cm³/mol. The third kappa shape index (κ3) is 6.31. The Labute approximate surface area is 216 Å². The van der Waals surface area contributed by atoms with Crippen LogP contribution in [0.3, 0.4) is 0 Å². The van der Waals surface area contributed by atoms with Crippen LogP contribution in [-0.2, 0) is 17.6 Å². The zero-order valence-electron chi connectivity index (χ0n) is 21.4. The highest BCUT2D eigenvalue weighted by molar-refractivity contribution is 7.17. The van der Waals surface area contributed by atoms with Crippen molar-refractivity contribution in [2.24, 2.45) is 11.3 Å². The molecule has 0 spiro atoms. The number of carbonyl (C=O) groups excluding carboxylic acids is 2. The molecule has 2 aromatic rings. The van der Waals surface area contributed by atoms with Gasteiger partial charge in [0.2, 0.25) is 5.91 Å². The highest BCUT2D eigenvalue weighted by atomic mass is 32.1. The van der Waals surface area contributed by atoms with Crippen LogP contribution in [-0.4, -0.2) is 41.3 Å². The Bertz CT molecular complexity index is 1130. The number of hydrogen-bond acceptors (Lipinski definition) is 6. The van der Waals surface area contributed by atoms with E-state index in [-0.39, 0.29) is 22.9 Å². The number of nitro groups is 1. The van der Waals surface area contributed by atoms with Gasteiger partial charge in [-0.25, -0.2) is 0 Å². The van der Waals surface area contributed by atoms with Crippen molar-refractivity contribution in [1.82, 2.24) is 4.90 Å². The normalized spacial score (nSPS) is 18.7. The van der Waals surface area contributed by atoms with E-state index in [1.54, 1.807) is 12.1 Å². The number of amides is 2. The summed E-state index contributed by atoms with van der Waals surface area (Å²) in [5, 5.41) is 17.6. The fourth-order valence-corrected chi connectivity index (χ4v) is 6.55. The summed E-state index contributed by atoms with van der Waals surface area (Å²) in [5.41, 5.74) is 1.92. The van der Waals surface area contributed by atoms with Gasteiger partial charge in [0.05, 0.1) is 17.0 Å². The van der Waals surface area contributed by atoms with Crippen molar-refractivity contribution in [3.05, 3.63) is 50.4 Å². The van der Waals surface area contributed by atoms with E-state index in [2.05, 4.69) is 36.3 Å². The van der Waals surface area contributed by atoms with E-state index in [0.717, 1.165) is 55.6 Å². The minimum absolute atomic E-state index is 0.0841. The molecule has 1 fully saturated rings. The van der Waals surface area contributed by atoms with Crippen molar-refractivity contribution < 1.29 is 14.5 Å². The van der Waals surface area contributed by atoms with Gasteiger partial charge in [-0.05, 0) is 68.2 Å². The number of thiophene rings is 1. The topological polar surface area (TPSA) is 105 Å². The zero-order valence-corrected chi connectivity index (χ0v) is 22.2. The molecule has 2 heterocycles. The summed E-state index contributed by atoms with van der Waals surface area (Å²) in [6.45, 7) is 8.89. The molecule has 2 amide bonds. The van der Waals surface area contributed by atoms with Crippen molar-refractivity contribution in [3.63, 3.8) is 0 Å². The summed E-state index contributed by atoms with van der Waals surface area (Å²) in [7, 11) is 0. The molecule has 194 valence electrons. The molecule has 1 unspecified atom stereocenters. The van der Waals surface area contributed by atoms with Crippen molar-refractivity contribution in [2.75, 3.05) is 30.3 Å². The molecule has 1 atom stereocenters. The van der Waals surface area contributed by atoms with Crippen LogP contribution < -0.4 is 10.6 Å². The van der Waals surface area contributed by atoms with Gasteiger partial charge in [0.1, 0.15) is 5.00 Å². The van der Waals surface area contributed by atoms with E-state index in [1.807, 2.05) is 0 Å². The van der Waals surface area contributed by atoms with Crippen LogP contribution in [0.2, 0.25) is 0 Å². The lowest BCUT2D eigenvalue weighted by atomic mass is 9.72. The second-order valence-electron chi connectivity index (χ2n) is 11.0. The Morgan fingerprint density at radius 1 is 1.14 bits per heavy atom. The molecule has 9 heteroatoms. The van der Waals surface area contributed by atoms with E-state index in [9.17, 15) is 19.7 Å². The summed E-state index contributed by atoms with van der Waals surface area (Å²) < 4.78 is 0. The average molecular weight is 513 g/mol. The first-order valence-electron chi connectivity index (χ1n) is 12.8. The number of non-ortho nitro benzene ring substituents is 1. The molecular weight excluding hydrogens is 476 g/mol. The van der Waals surface area contributed by atoms with Gasteiger partial charge in [0.25, 0.3) is 11.6 Å². The lowest BCUT2D eigenvalue weighted by Crippen LogP contribution is -2.34. The van der Waals surface area contributed by atoms with Gasteiger partial charge >= 0.3 is 0 Å². The maximum atomic E-state index is 13.5. The van der Waals surface area contributed by atoms with Crippen molar-refractivity contribution in [2.45, 2.75) is 65.7 Å². The van der Waals surface area contributed by atoms with Gasteiger partial charge in [-0.1, -0.05) is 39.7 Å². The minimum atomic E-state index is -0.483. The second-order valence-corrected chi connectivity index (χ2v) is 12.1. The van der Waals surface area contributed by atoms with Crippen molar-refractivity contribution in [1.29, 1.82) is 0 Å². The van der Waals surface area contributed by atoms with Crippen LogP contribution in [0, 0.1) is 21.4 Å². The van der Waals surface area contributed by atoms with E-state index >= 15 is 0 Å². The molecule has 0 saturated carbocycles. The number of hydrogen-bond donors (Lipinski definition) is 2. The number of rotatable bonds is 6. The molecule has 0 radical (unpaired) electrons.